The molecule has 14 heteroatoms. The van der Waals surface area contributed by atoms with Crippen LogP contribution in [0.1, 0.15) is 10.6 Å². The Morgan fingerprint density at radius 1 is 0.980 bits per heavy atom. The summed E-state index contributed by atoms with van der Waals surface area (Å²) in [4.78, 5) is 19.8. The number of halogens is 2. The molecule has 0 radical (unpaired) electrons. The Kier molecular flexibility index (Phi) is 10.6. The van der Waals surface area contributed by atoms with Gasteiger partial charge in [-0.2, -0.15) is 0 Å². The molecule has 0 spiro atoms. The number of aromatic nitrogens is 4. The fraction of sp³-hybridized carbons (Fsp3) is 0.200. The van der Waals surface area contributed by atoms with E-state index in [1.807, 2.05) is 35.5 Å². The van der Waals surface area contributed by atoms with E-state index in [1.165, 1.54) is 42.1 Å². The maximum absolute atomic E-state index is 13.5. The highest BCUT2D eigenvalue weighted by molar-refractivity contribution is 7.91. The van der Waals surface area contributed by atoms with Crippen molar-refractivity contribution in [1.29, 1.82) is 0 Å². The number of hydrogen-bond donors (Lipinski definition) is 1. The lowest BCUT2D eigenvalue weighted by Crippen LogP contribution is -2.28. The van der Waals surface area contributed by atoms with Crippen molar-refractivity contribution in [2.24, 2.45) is 0 Å². The molecule has 0 bridgehead atoms. The van der Waals surface area contributed by atoms with E-state index in [-0.39, 0.29) is 23.2 Å². The first-order chi connectivity index (χ1) is 23.7. The third-order valence-corrected chi connectivity index (χ3v) is 10.5. The molecule has 3 heterocycles. The number of nitrogens with zero attached hydrogens (tertiary/aromatic N) is 5. The van der Waals surface area contributed by atoms with E-state index in [1.54, 1.807) is 43.5 Å². The molecule has 3 aromatic carbocycles. The van der Waals surface area contributed by atoms with E-state index < -0.39 is 9.84 Å². The van der Waals surface area contributed by atoms with E-state index in [0.29, 0.717) is 58.6 Å². The Morgan fingerprint density at radius 3 is 2.63 bits per heavy atom. The van der Waals surface area contributed by atoms with Crippen molar-refractivity contribution in [3.05, 3.63) is 112 Å². The summed E-state index contributed by atoms with van der Waals surface area (Å²) < 4.78 is 50.3. The number of anilines is 2. The van der Waals surface area contributed by atoms with Crippen LogP contribution in [0.15, 0.2) is 95.7 Å². The summed E-state index contributed by atoms with van der Waals surface area (Å²) in [6.45, 7) is 1.19. The van der Waals surface area contributed by atoms with Crippen molar-refractivity contribution >= 4 is 55.2 Å². The van der Waals surface area contributed by atoms with Crippen molar-refractivity contribution in [3.63, 3.8) is 0 Å². The second-order valence-corrected chi connectivity index (χ2v) is 14.6. The number of rotatable bonds is 14. The smallest absolute Gasteiger partial charge is 0.196 e. The minimum atomic E-state index is -3.45. The summed E-state index contributed by atoms with van der Waals surface area (Å²) in [6.07, 6.45) is 3.61. The molecule has 49 heavy (non-hydrogen) atoms. The number of hydrogen-bond acceptors (Lipinski definition) is 11. The van der Waals surface area contributed by atoms with E-state index in [2.05, 4.69) is 20.3 Å². The molecule has 252 valence electrons. The molecule has 0 saturated carbocycles. The molecule has 0 fully saturated rings. The third-order valence-electron chi connectivity index (χ3n) is 7.67. The minimum Gasteiger partial charge on any atom is -0.496 e. The normalized spacial score (nSPS) is 11.6. The SMILES string of the molecule is COc1cc2ncnc(Nc3ccc(OCc4cccc(F)c4)c(Cl)c3)c2cc1-c1csc(CCN(C)CCS(=O)(=O)c2ccccn2)n1. The molecular formula is C35H32ClFN6O4S2. The van der Waals surface area contributed by atoms with Gasteiger partial charge in [0.25, 0.3) is 0 Å². The van der Waals surface area contributed by atoms with Gasteiger partial charge in [-0.05, 0) is 61.1 Å². The highest BCUT2D eigenvalue weighted by Crippen LogP contribution is 2.37. The summed E-state index contributed by atoms with van der Waals surface area (Å²) in [6, 6.07) is 20.2. The van der Waals surface area contributed by atoms with Crippen LogP contribution >= 0.6 is 22.9 Å². The number of methoxy groups -OCH3 is 1. The number of fused-ring (bicyclic) bond motifs is 1. The molecule has 0 aliphatic carbocycles. The molecule has 0 aliphatic rings. The molecule has 6 rings (SSSR count). The molecule has 6 aromatic rings. The number of likely N-dealkylation sites (N-methyl/N-ethyl adjacent to an activating group) is 1. The van der Waals surface area contributed by atoms with Gasteiger partial charge in [-0.25, -0.2) is 32.7 Å². The Labute approximate surface area is 292 Å². The van der Waals surface area contributed by atoms with E-state index >= 15 is 0 Å². The summed E-state index contributed by atoms with van der Waals surface area (Å²) in [5, 5.41) is 7.45. The van der Waals surface area contributed by atoms with Gasteiger partial charge in [0.15, 0.2) is 14.9 Å². The second kappa shape index (κ2) is 15.2. The van der Waals surface area contributed by atoms with Gasteiger partial charge in [0.2, 0.25) is 0 Å². The van der Waals surface area contributed by atoms with Crippen LogP contribution in [0.5, 0.6) is 11.5 Å². The number of thiazole rings is 1. The number of ether oxygens (including phenoxy) is 2. The van der Waals surface area contributed by atoms with Gasteiger partial charge in [0.05, 0.1) is 34.1 Å². The van der Waals surface area contributed by atoms with Crippen LogP contribution in [0.3, 0.4) is 0 Å². The molecule has 10 nitrogen and oxygen atoms in total. The lowest BCUT2D eigenvalue weighted by Gasteiger charge is -2.15. The lowest BCUT2D eigenvalue weighted by atomic mass is 10.1. The van der Waals surface area contributed by atoms with Gasteiger partial charge in [-0.3, -0.25) is 0 Å². The highest BCUT2D eigenvalue weighted by Gasteiger charge is 2.18. The van der Waals surface area contributed by atoms with Crippen LogP contribution in [0.2, 0.25) is 5.02 Å². The maximum Gasteiger partial charge on any atom is 0.196 e. The zero-order valence-electron chi connectivity index (χ0n) is 26.6. The van der Waals surface area contributed by atoms with Crippen molar-refractivity contribution in [3.8, 4) is 22.8 Å². The third kappa shape index (κ3) is 8.49. The Morgan fingerprint density at radius 2 is 1.86 bits per heavy atom. The quantitative estimate of drug-likeness (QED) is 0.124. The first kappa shape index (κ1) is 34.2. The van der Waals surface area contributed by atoms with Crippen LogP contribution in [0.25, 0.3) is 22.2 Å². The topological polar surface area (TPSA) is 119 Å². The van der Waals surface area contributed by atoms with Gasteiger partial charge in [0.1, 0.15) is 36.1 Å². The predicted octanol–water partition coefficient (Wildman–Crippen LogP) is 7.22. The van der Waals surface area contributed by atoms with Gasteiger partial charge in [-0.15, -0.1) is 11.3 Å². The van der Waals surface area contributed by atoms with Crippen LogP contribution < -0.4 is 14.8 Å². The molecule has 0 unspecified atom stereocenters. The molecule has 0 amide bonds. The van der Waals surface area contributed by atoms with Gasteiger partial charge < -0.3 is 19.7 Å². The van der Waals surface area contributed by atoms with Crippen molar-refractivity contribution in [2.75, 3.05) is 38.3 Å². The predicted molar refractivity (Wildman–Crippen MR) is 190 cm³/mol. The zero-order valence-corrected chi connectivity index (χ0v) is 29.0. The summed E-state index contributed by atoms with van der Waals surface area (Å²) in [5.41, 5.74) is 3.59. The van der Waals surface area contributed by atoms with Crippen LogP contribution in [0.4, 0.5) is 15.9 Å². The van der Waals surface area contributed by atoms with Gasteiger partial charge in [-0.1, -0.05) is 29.8 Å². The molecule has 1 N–H and O–H groups in total. The molecule has 3 aromatic heterocycles. The molecule has 0 aliphatic heterocycles. The number of nitrogens with one attached hydrogen (secondary N) is 1. The first-order valence-corrected chi connectivity index (χ1v) is 18.1. The summed E-state index contributed by atoms with van der Waals surface area (Å²) >= 11 is 8.07. The maximum atomic E-state index is 13.5. The number of sulfone groups is 1. The number of benzene rings is 3. The Hall–Kier alpha value is -4.69. The molecule has 0 saturated heterocycles. The minimum absolute atomic E-state index is 0.0168. The van der Waals surface area contributed by atoms with Crippen LogP contribution in [-0.4, -0.2) is 66.3 Å². The van der Waals surface area contributed by atoms with Crippen molar-refractivity contribution in [1.82, 2.24) is 24.8 Å². The highest BCUT2D eigenvalue weighted by atomic mass is 35.5. The fourth-order valence-electron chi connectivity index (χ4n) is 5.03. The average molecular weight is 719 g/mol. The van der Waals surface area contributed by atoms with Gasteiger partial charge in [0, 0.05) is 53.8 Å². The zero-order chi connectivity index (χ0) is 34.4. The first-order valence-electron chi connectivity index (χ1n) is 15.2. The standard InChI is InChI=1S/C35H32ClFN6O4S2/c1-43(14-15-49(44,45)34-8-3-4-12-38-34)13-11-33-42-30(21-48-33)26-18-27-29(19-32(26)46-2)39-22-40-35(27)41-25-9-10-31(28(36)17-25)47-20-23-6-5-7-24(37)16-23/h3-10,12,16-19,21-22H,11,13-15,20H2,1-2H3,(H,39,40,41). The van der Waals surface area contributed by atoms with Crippen molar-refractivity contribution < 1.29 is 22.3 Å². The fourth-order valence-corrected chi connectivity index (χ4v) is 7.32. The van der Waals surface area contributed by atoms with Crippen LogP contribution in [0, 0.1) is 5.82 Å². The largest absolute Gasteiger partial charge is 0.496 e. The lowest BCUT2D eigenvalue weighted by molar-refractivity contribution is 0.306. The molecular weight excluding hydrogens is 687 g/mol. The Bertz CT molecular complexity index is 2190. The second-order valence-electron chi connectivity index (χ2n) is 11.1. The van der Waals surface area contributed by atoms with Crippen molar-refractivity contribution in [2.45, 2.75) is 18.1 Å². The number of pyridine rings is 1. The monoisotopic (exact) mass is 718 g/mol. The van der Waals surface area contributed by atoms with E-state index in [0.717, 1.165) is 21.7 Å². The average Bonchev–Trinajstić information content (AvgIpc) is 3.58. The Balaban J connectivity index is 1.14. The van der Waals surface area contributed by atoms with E-state index in [4.69, 9.17) is 26.1 Å². The van der Waals surface area contributed by atoms with Gasteiger partial charge >= 0.3 is 0 Å². The summed E-state index contributed by atoms with van der Waals surface area (Å²) in [7, 11) is 0.0417. The molecule has 0 atom stereocenters. The summed E-state index contributed by atoms with van der Waals surface area (Å²) in [5.74, 6) is 1.31. The van der Waals surface area contributed by atoms with E-state index in [9.17, 15) is 12.8 Å². The van der Waals surface area contributed by atoms with Crippen LogP contribution in [-0.2, 0) is 22.9 Å².